The lowest BCUT2D eigenvalue weighted by atomic mass is 10.0. The van der Waals surface area contributed by atoms with Crippen molar-refractivity contribution in [2.24, 2.45) is 5.73 Å². The van der Waals surface area contributed by atoms with Crippen molar-refractivity contribution < 1.29 is 9.53 Å². The Balaban J connectivity index is 1.51. The first-order valence-corrected chi connectivity index (χ1v) is 8.83. The fourth-order valence-corrected chi connectivity index (χ4v) is 3.24. The second kappa shape index (κ2) is 8.27. The fraction of sp³-hybridized carbons (Fsp3) is 0.450. The molecule has 0 aliphatic carbocycles. The van der Waals surface area contributed by atoms with Gasteiger partial charge in [0.05, 0.1) is 12.5 Å². The minimum atomic E-state index is 0.214. The van der Waals surface area contributed by atoms with Crippen LogP contribution in [0.2, 0.25) is 0 Å². The van der Waals surface area contributed by atoms with E-state index in [-0.39, 0.29) is 12.0 Å². The number of carbonyl (C=O) groups is 1. The van der Waals surface area contributed by atoms with Gasteiger partial charge >= 0.3 is 0 Å². The molecule has 0 spiro atoms. The number of hydrogen-bond donors (Lipinski definition) is 1. The number of carbonyl (C=O) groups excluding carboxylic acids is 1. The minimum absolute atomic E-state index is 0.214. The van der Waals surface area contributed by atoms with Crippen molar-refractivity contribution in [1.29, 1.82) is 0 Å². The summed E-state index contributed by atoms with van der Waals surface area (Å²) in [5, 5.41) is 2.40. The van der Waals surface area contributed by atoms with Gasteiger partial charge in [0.1, 0.15) is 0 Å². The van der Waals surface area contributed by atoms with Gasteiger partial charge in [-0.2, -0.15) is 0 Å². The number of piperidine rings is 1. The number of benzene rings is 2. The van der Waals surface area contributed by atoms with Gasteiger partial charge in [-0.25, -0.2) is 0 Å². The van der Waals surface area contributed by atoms with E-state index in [2.05, 4.69) is 30.3 Å². The first kappa shape index (κ1) is 16.9. The van der Waals surface area contributed by atoms with E-state index in [1.54, 1.807) is 0 Å². The van der Waals surface area contributed by atoms with Crippen LogP contribution in [0.4, 0.5) is 0 Å². The zero-order chi connectivity index (χ0) is 16.8. The van der Waals surface area contributed by atoms with Gasteiger partial charge in [0.25, 0.3) is 0 Å². The molecule has 0 atom stereocenters. The molecule has 1 heterocycles. The molecule has 0 radical (unpaired) electrons. The second-order valence-corrected chi connectivity index (χ2v) is 6.45. The molecule has 2 N–H and O–H groups in total. The quantitative estimate of drug-likeness (QED) is 0.831. The Labute approximate surface area is 143 Å². The molecule has 2 aromatic rings. The number of amides is 1. The second-order valence-electron chi connectivity index (χ2n) is 6.45. The lowest BCUT2D eigenvalue weighted by molar-refractivity contribution is -0.133. The first-order valence-electron chi connectivity index (χ1n) is 8.83. The smallest absolute Gasteiger partial charge is 0.226 e. The number of likely N-dealkylation sites (tertiary alicyclic amines) is 1. The van der Waals surface area contributed by atoms with Crippen LogP contribution in [-0.4, -0.2) is 43.2 Å². The van der Waals surface area contributed by atoms with Crippen LogP contribution < -0.4 is 5.73 Å². The summed E-state index contributed by atoms with van der Waals surface area (Å²) < 4.78 is 5.80. The zero-order valence-electron chi connectivity index (χ0n) is 14.1. The van der Waals surface area contributed by atoms with Gasteiger partial charge in [0.15, 0.2) is 0 Å². The molecule has 3 rings (SSSR count). The summed E-state index contributed by atoms with van der Waals surface area (Å²) in [4.78, 5) is 14.5. The number of hydrogen-bond acceptors (Lipinski definition) is 3. The lowest BCUT2D eigenvalue weighted by Crippen LogP contribution is -2.41. The van der Waals surface area contributed by atoms with Crippen LogP contribution in [-0.2, 0) is 16.0 Å². The molecule has 1 aliphatic heterocycles. The van der Waals surface area contributed by atoms with E-state index in [0.717, 1.165) is 44.5 Å². The van der Waals surface area contributed by atoms with Crippen molar-refractivity contribution in [3.63, 3.8) is 0 Å². The van der Waals surface area contributed by atoms with Gasteiger partial charge in [0.2, 0.25) is 5.91 Å². The summed E-state index contributed by atoms with van der Waals surface area (Å²) >= 11 is 0. The van der Waals surface area contributed by atoms with Crippen LogP contribution in [0, 0.1) is 0 Å². The maximum atomic E-state index is 12.5. The molecule has 1 fully saturated rings. The highest BCUT2D eigenvalue weighted by Gasteiger charge is 2.23. The van der Waals surface area contributed by atoms with E-state index < -0.39 is 0 Å². The monoisotopic (exact) mass is 326 g/mol. The van der Waals surface area contributed by atoms with E-state index in [1.807, 2.05) is 17.0 Å². The first-order chi connectivity index (χ1) is 11.8. The average molecular weight is 326 g/mol. The molecule has 128 valence electrons. The third-order valence-corrected chi connectivity index (χ3v) is 4.67. The summed E-state index contributed by atoms with van der Waals surface area (Å²) in [6.07, 6.45) is 3.51. The van der Waals surface area contributed by atoms with Crippen LogP contribution in [0.3, 0.4) is 0 Å². The van der Waals surface area contributed by atoms with Gasteiger partial charge in [-0.3, -0.25) is 4.79 Å². The summed E-state index contributed by atoms with van der Waals surface area (Å²) in [5.41, 5.74) is 6.56. The Morgan fingerprint density at radius 3 is 2.62 bits per heavy atom. The standard InChI is InChI=1S/C20H26N2O2/c21-10-3-13-24-19-8-11-22(12-9-19)20(23)15-16-6-7-17-4-1-2-5-18(17)14-16/h1-2,4-7,14,19H,3,8-13,15,21H2. The van der Waals surface area contributed by atoms with Crippen molar-refractivity contribution >= 4 is 16.7 Å². The van der Waals surface area contributed by atoms with Gasteiger partial charge in [-0.1, -0.05) is 42.5 Å². The van der Waals surface area contributed by atoms with E-state index in [9.17, 15) is 4.79 Å². The maximum Gasteiger partial charge on any atom is 0.226 e. The Morgan fingerprint density at radius 2 is 1.88 bits per heavy atom. The zero-order valence-corrected chi connectivity index (χ0v) is 14.1. The van der Waals surface area contributed by atoms with E-state index in [4.69, 9.17) is 10.5 Å². The lowest BCUT2D eigenvalue weighted by Gasteiger charge is -2.32. The van der Waals surface area contributed by atoms with Crippen LogP contribution >= 0.6 is 0 Å². The van der Waals surface area contributed by atoms with E-state index in [1.165, 1.54) is 10.8 Å². The molecule has 1 amide bonds. The molecular formula is C20H26N2O2. The highest BCUT2D eigenvalue weighted by Crippen LogP contribution is 2.18. The molecule has 4 nitrogen and oxygen atoms in total. The largest absolute Gasteiger partial charge is 0.378 e. The van der Waals surface area contributed by atoms with Crippen LogP contribution in [0.25, 0.3) is 10.8 Å². The number of fused-ring (bicyclic) bond motifs is 1. The molecule has 4 heteroatoms. The van der Waals surface area contributed by atoms with Crippen LogP contribution in [0.5, 0.6) is 0 Å². The number of nitrogens with two attached hydrogens (primary N) is 1. The molecule has 0 saturated carbocycles. The predicted molar refractivity (Wildman–Crippen MR) is 96.9 cm³/mol. The molecule has 0 unspecified atom stereocenters. The molecule has 1 saturated heterocycles. The minimum Gasteiger partial charge on any atom is -0.378 e. The third-order valence-electron chi connectivity index (χ3n) is 4.67. The van der Waals surface area contributed by atoms with Gasteiger partial charge in [-0.15, -0.1) is 0 Å². The number of rotatable bonds is 6. The van der Waals surface area contributed by atoms with Crippen molar-refractivity contribution in [3.8, 4) is 0 Å². The Morgan fingerprint density at radius 1 is 1.12 bits per heavy atom. The Kier molecular flexibility index (Phi) is 5.83. The third kappa shape index (κ3) is 4.34. The fourth-order valence-electron chi connectivity index (χ4n) is 3.24. The number of ether oxygens (including phenoxy) is 1. The average Bonchev–Trinajstić information content (AvgIpc) is 2.62. The highest BCUT2D eigenvalue weighted by molar-refractivity contribution is 5.85. The molecule has 2 aromatic carbocycles. The van der Waals surface area contributed by atoms with Crippen LogP contribution in [0.15, 0.2) is 42.5 Å². The summed E-state index contributed by atoms with van der Waals surface area (Å²) in [7, 11) is 0. The SMILES string of the molecule is NCCCOC1CCN(C(=O)Cc2ccc3ccccc3c2)CC1. The number of nitrogens with zero attached hydrogens (tertiary/aromatic N) is 1. The molecular weight excluding hydrogens is 300 g/mol. The molecule has 0 aromatic heterocycles. The molecule has 1 aliphatic rings. The van der Waals surface area contributed by atoms with E-state index in [0.29, 0.717) is 13.0 Å². The molecule has 0 bridgehead atoms. The van der Waals surface area contributed by atoms with Crippen molar-refractivity contribution in [2.75, 3.05) is 26.2 Å². The van der Waals surface area contributed by atoms with Gasteiger partial charge in [0, 0.05) is 19.7 Å². The Bertz CT molecular complexity index is 678. The Hall–Kier alpha value is -1.91. The topological polar surface area (TPSA) is 55.6 Å². The summed E-state index contributed by atoms with van der Waals surface area (Å²) in [6.45, 7) is 2.98. The van der Waals surface area contributed by atoms with Crippen LogP contribution in [0.1, 0.15) is 24.8 Å². The predicted octanol–water partition coefficient (Wildman–Crippen LogP) is 2.74. The van der Waals surface area contributed by atoms with E-state index >= 15 is 0 Å². The van der Waals surface area contributed by atoms with Crippen molar-refractivity contribution in [2.45, 2.75) is 31.8 Å². The molecule has 24 heavy (non-hydrogen) atoms. The van der Waals surface area contributed by atoms with Crippen molar-refractivity contribution in [3.05, 3.63) is 48.0 Å². The normalized spacial score (nSPS) is 15.8. The highest BCUT2D eigenvalue weighted by atomic mass is 16.5. The van der Waals surface area contributed by atoms with Gasteiger partial charge in [-0.05, 0) is 42.1 Å². The summed E-state index contributed by atoms with van der Waals surface area (Å²) in [6, 6.07) is 14.5. The van der Waals surface area contributed by atoms with Gasteiger partial charge < -0.3 is 15.4 Å². The summed E-state index contributed by atoms with van der Waals surface area (Å²) in [5.74, 6) is 0.214. The van der Waals surface area contributed by atoms with Crippen molar-refractivity contribution in [1.82, 2.24) is 4.90 Å². The maximum absolute atomic E-state index is 12.5.